The zero-order valence-corrected chi connectivity index (χ0v) is 20.4. The molecule has 33 heavy (non-hydrogen) atoms. The Balaban J connectivity index is 1.78. The second-order valence-electron chi connectivity index (χ2n) is 7.73. The Kier molecular flexibility index (Phi) is 8.91. The second kappa shape index (κ2) is 11.9. The molecule has 3 rings (SSSR count). The lowest BCUT2D eigenvalue weighted by Gasteiger charge is -2.17. The van der Waals surface area contributed by atoms with E-state index in [4.69, 9.17) is 14.5 Å². The molecule has 1 atom stereocenters. The average Bonchev–Trinajstić information content (AvgIpc) is 3.08. The number of aliphatic imine (C=N–C) groups is 1. The van der Waals surface area contributed by atoms with E-state index in [2.05, 4.69) is 5.32 Å². The maximum absolute atomic E-state index is 13.2. The summed E-state index contributed by atoms with van der Waals surface area (Å²) in [4.78, 5) is 32.5. The topological polar surface area (TPSA) is 80.2 Å². The molecule has 2 aromatic rings. The van der Waals surface area contributed by atoms with Gasteiger partial charge in [0.1, 0.15) is 11.0 Å². The van der Waals surface area contributed by atoms with Crippen molar-refractivity contribution < 1.29 is 19.1 Å². The van der Waals surface area contributed by atoms with E-state index in [9.17, 15) is 9.59 Å². The van der Waals surface area contributed by atoms with Crippen LogP contribution in [0.3, 0.4) is 0 Å². The number of hydrogen-bond acceptors (Lipinski definition) is 6. The maximum atomic E-state index is 13.2. The van der Waals surface area contributed by atoms with Gasteiger partial charge in [0.15, 0.2) is 5.17 Å². The fourth-order valence-corrected chi connectivity index (χ4v) is 4.76. The van der Waals surface area contributed by atoms with E-state index >= 15 is 0 Å². The highest BCUT2D eigenvalue weighted by atomic mass is 32.2. The third-order valence-corrected chi connectivity index (χ3v) is 6.47. The number of nitrogens with one attached hydrogen (secondary N) is 1. The first-order valence-electron chi connectivity index (χ1n) is 11.1. The van der Waals surface area contributed by atoms with Gasteiger partial charge in [0.25, 0.3) is 0 Å². The van der Waals surface area contributed by atoms with Gasteiger partial charge in [0.2, 0.25) is 11.8 Å². The number of amidine groups is 1. The van der Waals surface area contributed by atoms with Gasteiger partial charge in [-0.15, -0.1) is 0 Å². The van der Waals surface area contributed by atoms with Gasteiger partial charge in [0, 0.05) is 26.2 Å². The van der Waals surface area contributed by atoms with Gasteiger partial charge in [-0.2, -0.15) is 0 Å². The molecule has 1 aliphatic heterocycles. The van der Waals surface area contributed by atoms with Crippen molar-refractivity contribution >= 4 is 40.1 Å². The molecule has 1 aliphatic rings. The summed E-state index contributed by atoms with van der Waals surface area (Å²) in [6.07, 6.45) is 0.751. The Labute approximate surface area is 199 Å². The van der Waals surface area contributed by atoms with E-state index in [0.29, 0.717) is 42.8 Å². The van der Waals surface area contributed by atoms with Gasteiger partial charge in [-0.05, 0) is 50.5 Å². The SMILES string of the molecule is CCOCCCN1C(=O)C(CC(=O)Nc2ccccc2OC)SC1=Nc1c(C)cccc1C. The molecule has 2 aromatic carbocycles. The minimum atomic E-state index is -0.533. The number of aryl methyl sites for hydroxylation is 2. The highest BCUT2D eigenvalue weighted by Gasteiger charge is 2.39. The summed E-state index contributed by atoms with van der Waals surface area (Å²) < 4.78 is 10.7. The molecule has 1 unspecified atom stereocenters. The van der Waals surface area contributed by atoms with Crippen LogP contribution in [-0.4, -0.2) is 54.0 Å². The van der Waals surface area contributed by atoms with Crippen molar-refractivity contribution in [1.82, 2.24) is 4.90 Å². The highest BCUT2D eigenvalue weighted by Crippen LogP contribution is 2.34. The van der Waals surface area contributed by atoms with E-state index in [1.807, 2.05) is 51.1 Å². The molecule has 2 amide bonds. The summed E-state index contributed by atoms with van der Waals surface area (Å²) in [5.41, 5.74) is 3.53. The number of nitrogens with zero attached hydrogens (tertiary/aromatic N) is 2. The third-order valence-electron chi connectivity index (χ3n) is 5.29. The van der Waals surface area contributed by atoms with Gasteiger partial charge < -0.3 is 14.8 Å². The van der Waals surface area contributed by atoms with Gasteiger partial charge in [-0.25, -0.2) is 4.99 Å². The monoisotopic (exact) mass is 469 g/mol. The zero-order valence-electron chi connectivity index (χ0n) is 19.6. The van der Waals surface area contributed by atoms with Crippen molar-refractivity contribution in [1.29, 1.82) is 0 Å². The van der Waals surface area contributed by atoms with Gasteiger partial charge in [0.05, 0.1) is 18.5 Å². The number of benzene rings is 2. The first-order valence-corrected chi connectivity index (χ1v) is 12.0. The lowest BCUT2D eigenvalue weighted by Crippen LogP contribution is -2.34. The molecule has 0 bridgehead atoms. The molecule has 0 saturated carbocycles. The van der Waals surface area contributed by atoms with Crippen LogP contribution in [0.1, 0.15) is 30.9 Å². The number of ether oxygens (including phenoxy) is 2. The van der Waals surface area contributed by atoms with E-state index in [1.54, 1.807) is 24.1 Å². The number of hydrogen-bond donors (Lipinski definition) is 1. The number of thioether (sulfide) groups is 1. The predicted octanol–water partition coefficient (Wildman–Crippen LogP) is 4.70. The molecule has 0 aliphatic carbocycles. The minimum absolute atomic E-state index is 0.0509. The van der Waals surface area contributed by atoms with Crippen molar-refractivity contribution in [2.75, 3.05) is 32.2 Å². The van der Waals surface area contributed by atoms with Gasteiger partial charge in [-0.3, -0.25) is 14.5 Å². The summed E-state index contributed by atoms with van der Waals surface area (Å²) in [5, 5.41) is 2.95. The lowest BCUT2D eigenvalue weighted by molar-refractivity contribution is -0.128. The molecule has 0 radical (unpaired) electrons. The molecule has 1 N–H and O–H groups in total. The van der Waals surface area contributed by atoms with Crippen LogP contribution in [0.2, 0.25) is 0 Å². The summed E-state index contributed by atoms with van der Waals surface area (Å²) in [6, 6.07) is 13.2. The largest absolute Gasteiger partial charge is 0.495 e. The van der Waals surface area contributed by atoms with E-state index in [1.165, 1.54) is 11.8 Å². The lowest BCUT2D eigenvalue weighted by atomic mass is 10.1. The van der Waals surface area contributed by atoms with Crippen LogP contribution in [0.15, 0.2) is 47.5 Å². The first kappa shape index (κ1) is 24.8. The van der Waals surface area contributed by atoms with Crippen molar-refractivity contribution in [2.45, 2.75) is 38.9 Å². The van der Waals surface area contributed by atoms with Crippen LogP contribution in [-0.2, 0) is 14.3 Å². The molecule has 0 spiro atoms. The van der Waals surface area contributed by atoms with Crippen LogP contribution >= 0.6 is 11.8 Å². The summed E-state index contributed by atoms with van der Waals surface area (Å²) in [7, 11) is 1.55. The van der Waals surface area contributed by atoms with Crippen LogP contribution in [0.5, 0.6) is 5.75 Å². The normalized spacial score (nSPS) is 17.0. The molecule has 1 saturated heterocycles. The summed E-state index contributed by atoms with van der Waals surface area (Å²) in [6.45, 7) is 7.66. The number of rotatable bonds is 10. The third kappa shape index (κ3) is 6.36. The van der Waals surface area contributed by atoms with Crippen LogP contribution in [0.25, 0.3) is 0 Å². The van der Waals surface area contributed by atoms with Crippen molar-refractivity contribution in [3.8, 4) is 5.75 Å². The van der Waals surface area contributed by atoms with E-state index in [0.717, 1.165) is 16.8 Å². The van der Waals surface area contributed by atoms with Crippen LogP contribution < -0.4 is 10.1 Å². The molecular weight excluding hydrogens is 438 g/mol. The number of carbonyl (C=O) groups excluding carboxylic acids is 2. The first-order chi connectivity index (χ1) is 15.9. The predicted molar refractivity (Wildman–Crippen MR) is 133 cm³/mol. The molecule has 1 heterocycles. The van der Waals surface area contributed by atoms with Crippen LogP contribution in [0, 0.1) is 13.8 Å². The smallest absolute Gasteiger partial charge is 0.242 e. The Bertz CT molecular complexity index is 1000. The quantitative estimate of drug-likeness (QED) is 0.510. The van der Waals surface area contributed by atoms with Crippen molar-refractivity contribution in [3.05, 3.63) is 53.6 Å². The van der Waals surface area contributed by atoms with Gasteiger partial charge >= 0.3 is 0 Å². The molecule has 1 fully saturated rings. The number of anilines is 1. The van der Waals surface area contributed by atoms with E-state index < -0.39 is 5.25 Å². The van der Waals surface area contributed by atoms with Crippen LogP contribution in [0.4, 0.5) is 11.4 Å². The Morgan fingerprint density at radius 2 is 1.88 bits per heavy atom. The second-order valence-corrected chi connectivity index (χ2v) is 8.90. The number of carbonyl (C=O) groups is 2. The van der Waals surface area contributed by atoms with E-state index in [-0.39, 0.29) is 18.2 Å². The highest BCUT2D eigenvalue weighted by molar-refractivity contribution is 8.15. The fraction of sp³-hybridized carbons (Fsp3) is 0.400. The zero-order chi connectivity index (χ0) is 23.8. The minimum Gasteiger partial charge on any atom is -0.495 e. The summed E-state index contributed by atoms with van der Waals surface area (Å²) >= 11 is 1.35. The standard InChI is InChI=1S/C25H31N3O4S/c1-5-32-15-9-14-28-24(30)21(16-22(29)26-19-12-6-7-13-20(19)31-4)33-25(28)27-23-17(2)10-8-11-18(23)3/h6-8,10-13,21H,5,9,14-16H2,1-4H3,(H,26,29). The number of methoxy groups -OCH3 is 1. The average molecular weight is 470 g/mol. The molecular formula is C25H31N3O4S. The summed E-state index contributed by atoms with van der Waals surface area (Å²) in [5.74, 6) is 0.232. The number of para-hydroxylation sites is 3. The Hall–Kier alpha value is -2.84. The molecule has 176 valence electrons. The fourth-order valence-electron chi connectivity index (χ4n) is 3.60. The number of amides is 2. The molecule has 7 nitrogen and oxygen atoms in total. The Morgan fingerprint density at radius 1 is 1.15 bits per heavy atom. The molecule has 8 heteroatoms. The maximum Gasteiger partial charge on any atom is 0.242 e. The van der Waals surface area contributed by atoms with Crippen molar-refractivity contribution in [3.63, 3.8) is 0 Å². The van der Waals surface area contributed by atoms with Gasteiger partial charge in [-0.1, -0.05) is 42.1 Å². The Morgan fingerprint density at radius 3 is 2.58 bits per heavy atom. The van der Waals surface area contributed by atoms with Crippen molar-refractivity contribution in [2.24, 2.45) is 4.99 Å². The molecule has 0 aromatic heterocycles.